The second kappa shape index (κ2) is 8.13. The number of esters is 1. The lowest BCUT2D eigenvalue weighted by atomic mass is 9.85. The summed E-state index contributed by atoms with van der Waals surface area (Å²) in [7, 11) is 1.44. The van der Waals surface area contributed by atoms with E-state index in [1.54, 1.807) is 36.4 Å². The molecule has 1 atom stereocenters. The predicted molar refractivity (Wildman–Crippen MR) is 131 cm³/mol. The molecule has 8 heteroatoms. The summed E-state index contributed by atoms with van der Waals surface area (Å²) in [5.41, 5.74) is 2.05. The van der Waals surface area contributed by atoms with E-state index in [-0.39, 0.29) is 40.8 Å². The van der Waals surface area contributed by atoms with Crippen molar-refractivity contribution in [1.29, 1.82) is 0 Å². The maximum Gasteiger partial charge on any atom is 0.312 e. The first-order valence-electron chi connectivity index (χ1n) is 11.2. The molecule has 0 radical (unpaired) electrons. The SMILES string of the molecule is COc1ccc(/C=C2\Oc3c(ccc4c3[C@@H](c3cc5ccccc5[nH]c3=O)CC(=O)O4)C2=O)cc1O. The number of nitrogens with one attached hydrogen (secondary N) is 1. The van der Waals surface area contributed by atoms with Crippen LogP contribution in [0.25, 0.3) is 17.0 Å². The van der Waals surface area contributed by atoms with Crippen LogP contribution in [0.1, 0.15) is 39.4 Å². The maximum atomic E-state index is 13.2. The van der Waals surface area contributed by atoms with Gasteiger partial charge in [-0.2, -0.15) is 0 Å². The minimum absolute atomic E-state index is 0.0473. The van der Waals surface area contributed by atoms with E-state index in [0.29, 0.717) is 33.5 Å². The van der Waals surface area contributed by atoms with Gasteiger partial charge in [0, 0.05) is 22.6 Å². The number of allylic oxidation sites excluding steroid dienone is 1. The predicted octanol–water partition coefficient (Wildman–Crippen LogP) is 4.30. The van der Waals surface area contributed by atoms with Crippen LogP contribution >= 0.6 is 0 Å². The van der Waals surface area contributed by atoms with Crippen LogP contribution < -0.4 is 19.8 Å². The fourth-order valence-electron chi connectivity index (χ4n) is 4.74. The molecule has 3 heterocycles. The van der Waals surface area contributed by atoms with Crippen molar-refractivity contribution in [2.45, 2.75) is 12.3 Å². The molecule has 2 aliphatic heterocycles. The molecule has 178 valence electrons. The topological polar surface area (TPSA) is 115 Å². The number of phenols is 1. The number of ether oxygens (including phenoxy) is 3. The Hall–Kier alpha value is -4.85. The summed E-state index contributed by atoms with van der Waals surface area (Å²) in [5, 5.41) is 10.9. The number of fused-ring (bicyclic) bond motifs is 4. The third-order valence-electron chi connectivity index (χ3n) is 6.44. The average Bonchev–Trinajstić information content (AvgIpc) is 3.18. The molecule has 0 saturated heterocycles. The second-order valence-electron chi connectivity index (χ2n) is 8.60. The number of ketones is 1. The minimum atomic E-state index is -0.665. The van der Waals surface area contributed by atoms with Gasteiger partial charge in [0.2, 0.25) is 5.78 Å². The number of benzene rings is 3. The summed E-state index contributed by atoms with van der Waals surface area (Å²) < 4.78 is 16.5. The summed E-state index contributed by atoms with van der Waals surface area (Å²) in [5.74, 6) is -0.717. The van der Waals surface area contributed by atoms with Gasteiger partial charge < -0.3 is 24.3 Å². The van der Waals surface area contributed by atoms with Crippen molar-refractivity contribution in [2.75, 3.05) is 7.11 Å². The normalized spacial score (nSPS) is 17.5. The van der Waals surface area contributed by atoms with Crippen LogP contribution in [-0.4, -0.2) is 29.0 Å². The Bertz CT molecular complexity index is 1680. The van der Waals surface area contributed by atoms with Crippen LogP contribution in [-0.2, 0) is 4.79 Å². The van der Waals surface area contributed by atoms with Gasteiger partial charge in [-0.3, -0.25) is 14.4 Å². The molecule has 2 aliphatic rings. The molecule has 1 aromatic heterocycles. The number of H-pyrrole nitrogens is 1. The van der Waals surface area contributed by atoms with Crippen LogP contribution in [0, 0.1) is 0 Å². The third kappa shape index (κ3) is 3.42. The lowest BCUT2D eigenvalue weighted by molar-refractivity contribution is -0.135. The van der Waals surface area contributed by atoms with E-state index in [0.717, 1.165) is 5.39 Å². The van der Waals surface area contributed by atoms with Crippen molar-refractivity contribution in [3.05, 3.63) is 99.0 Å². The quantitative estimate of drug-likeness (QED) is 0.255. The number of hydrogen-bond acceptors (Lipinski definition) is 7. The molecule has 2 N–H and O–H groups in total. The number of aromatic nitrogens is 1. The first kappa shape index (κ1) is 21.7. The van der Waals surface area contributed by atoms with Crippen molar-refractivity contribution >= 4 is 28.7 Å². The van der Waals surface area contributed by atoms with E-state index in [1.165, 1.54) is 19.3 Å². The fourth-order valence-corrected chi connectivity index (χ4v) is 4.74. The Labute approximate surface area is 204 Å². The molecular weight excluding hydrogens is 462 g/mol. The summed E-state index contributed by atoms with van der Waals surface area (Å²) in [4.78, 5) is 41.6. The highest BCUT2D eigenvalue weighted by Crippen LogP contribution is 2.48. The average molecular weight is 481 g/mol. The number of rotatable bonds is 3. The van der Waals surface area contributed by atoms with Gasteiger partial charge in [0.05, 0.1) is 19.1 Å². The number of aromatic hydroxyl groups is 1. The number of aromatic amines is 1. The van der Waals surface area contributed by atoms with E-state index >= 15 is 0 Å². The van der Waals surface area contributed by atoms with Gasteiger partial charge in [0.1, 0.15) is 11.5 Å². The maximum absolute atomic E-state index is 13.2. The molecule has 0 fully saturated rings. The number of pyridine rings is 1. The Morgan fingerprint density at radius 1 is 1.03 bits per heavy atom. The zero-order valence-electron chi connectivity index (χ0n) is 19.0. The van der Waals surface area contributed by atoms with Crippen molar-refractivity contribution < 1.29 is 28.9 Å². The third-order valence-corrected chi connectivity index (χ3v) is 6.44. The highest BCUT2D eigenvalue weighted by Gasteiger charge is 2.39. The molecule has 8 nitrogen and oxygen atoms in total. The summed E-state index contributed by atoms with van der Waals surface area (Å²) >= 11 is 0. The molecule has 0 saturated carbocycles. The number of para-hydroxylation sites is 1. The van der Waals surface area contributed by atoms with Gasteiger partial charge in [-0.25, -0.2) is 0 Å². The number of methoxy groups -OCH3 is 1. The van der Waals surface area contributed by atoms with Crippen molar-refractivity contribution in [2.24, 2.45) is 0 Å². The van der Waals surface area contributed by atoms with E-state index < -0.39 is 11.9 Å². The van der Waals surface area contributed by atoms with Crippen LogP contribution in [0.15, 0.2) is 71.2 Å². The molecular formula is C28H19NO7. The summed E-state index contributed by atoms with van der Waals surface area (Å²) in [6, 6.07) is 16.9. The smallest absolute Gasteiger partial charge is 0.312 e. The van der Waals surface area contributed by atoms with Crippen LogP contribution in [0.4, 0.5) is 0 Å². The number of hydrogen-bond donors (Lipinski definition) is 2. The minimum Gasteiger partial charge on any atom is -0.504 e. The molecule has 0 unspecified atom stereocenters. The first-order valence-corrected chi connectivity index (χ1v) is 11.2. The molecule has 3 aromatic carbocycles. The standard InChI is InChI=1S/C28H19NO7/c1-34-21-8-6-14(10-20(21)30)11-23-26(32)16-7-9-22-25(27(16)36-23)17(13-24(31)35-22)18-12-15-4-2-3-5-19(15)29-28(18)33/h2-12,17,30H,13H2,1H3,(H,29,33)/b23-11-/t17-/m1/s1. The Kier molecular flexibility index (Phi) is 4.89. The molecule has 0 amide bonds. The zero-order chi connectivity index (χ0) is 25.0. The zero-order valence-corrected chi connectivity index (χ0v) is 19.0. The number of phenolic OH excluding ortho intramolecular Hbond substituents is 1. The number of carbonyl (C=O) groups excluding carboxylic acids is 2. The molecule has 6 rings (SSSR count). The van der Waals surface area contributed by atoms with E-state index in [1.807, 2.05) is 18.2 Å². The Morgan fingerprint density at radius 3 is 2.67 bits per heavy atom. The second-order valence-corrected chi connectivity index (χ2v) is 8.60. The van der Waals surface area contributed by atoms with Gasteiger partial charge in [0.25, 0.3) is 5.56 Å². The van der Waals surface area contributed by atoms with E-state index in [9.17, 15) is 19.5 Å². The highest BCUT2D eigenvalue weighted by atomic mass is 16.5. The van der Waals surface area contributed by atoms with Gasteiger partial charge >= 0.3 is 5.97 Å². The molecule has 0 aliphatic carbocycles. The Balaban J connectivity index is 1.47. The Morgan fingerprint density at radius 2 is 1.86 bits per heavy atom. The lowest BCUT2D eigenvalue weighted by Gasteiger charge is -2.26. The molecule has 0 bridgehead atoms. The first-order chi connectivity index (χ1) is 17.4. The summed E-state index contributed by atoms with van der Waals surface area (Å²) in [6.45, 7) is 0. The van der Waals surface area contributed by atoms with Crippen LogP contribution in [0.3, 0.4) is 0 Å². The molecule has 36 heavy (non-hydrogen) atoms. The van der Waals surface area contributed by atoms with Crippen molar-refractivity contribution in [3.63, 3.8) is 0 Å². The van der Waals surface area contributed by atoms with E-state index in [4.69, 9.17) is 14.2 Å². The largest absolute Gasteiger partial charge is 0.504 e. The molecule has 4 aromatic rings. The number of Topliss-reactive ketones (excluding diaryl/α,β-unsaturated/α-hetero) is 1. The van der Waals surface area contributed by atoms with Gasteiger partial charge in [0.15, 0.2) is 17.3 Å². The van der Waals surface area contributed by atoms with Crippen molar-refractivity contribution in [3.8, 4) is 23.0 Å². The number of carbonyl (C=O) groups is 2. The van der Waals surface area contributed by atoms with E-state index in [2.05, 4.69) is 4.98 Å². The van der Waals surface area contributed by atoms with Gasteiger partial charge in [-0.05, 0) is 53.4 Å². The van der Waals surface area contributed by atoms with Gasteiger partial charge in [-0.15, -0.1) is 0 Å². The van der Waals surface area contributed by atoms with Crippen LogP contribution in [0.5, 0.6) is 23.0 Å². The highest BCUT2D eigenvalue weighted by molar-refractivity contribution is 6.15. The lowest BCUT2D eigenvalue weighted by Crippen LogP contribution is -2.26. The van der Waals surface area contributed by atoms with Crippen LogP contribution in [0.2, 0.25) is 0 Å². The fraction of sp³-hybridized carbons (Fsp3) is 0.107. The van der Waals surface area contributed by atoms with Gasteiger partial charge in [-0.1, -0.05) is 24.3 Å². The summed E-state index contributed by atoms with van der Waals surface area (Å²) in [6.07, 6.45) is 1.44. The molecule has 0 spiro atoms. The monoisotopic (exact) mass is 481 g/mol. The van der Waals surface area contributed by atoms with Crippen molar-refractivity contribution in [1.82, 2.24) is 4.98 Å².